The zero-order valence-corrected chi connectivity index (χ0v) is 16.0. The van der Waals surface area contributed by atoms with E-state index in [1.165, 1.54) is 13.0 Å². The van der Waals surface area contributed by atoms with Crippen molar-refractivity contribution in [2.24, 2.45) is 0 Å². The molecule has 0 radical (unpaired) electrons. The second-order valence-electron chi connectivity index (χ2n) is 7.19. The van der Waals surface area contributed by atoms with Gasteiger partial charge in [-0.2, -0.15) is 13.2 Å². The molecule has 0 unspecified atom stereocenters. The molecule has 1 N–H and O–H groups in total. The third-order valence-electron chi connectivity index (χ3n) is 5.15. The van der Waals surface area contributed by atoms with Gasteiger partial charge in [0.05, 0.1) is 0 Å². The zero-order valence-electron chi connectivity index (χ0n) is 16.0. The molecule has 2 saturated heterocycles. The molecule has 152 valence electrons. The first kappa shape index (κ1) is 22.7. The predicted octanol–water partition coefficient (Wildman–Crippen LogP) is 2.05. The molecule has 0 aliphatic carbocycles. The Labute approximate surface area is 152 Å². The highest BCUT2D eigenvalue weighted by Crippen LogP contribution is 2.33. The molecule has 1 amide bonds. The number of likely N-dealkylation sites (N-methyl/N-ethyl adjacent to an activating group) is 1. The Balaban J connectivity index is 0.000000412. The highest BCUT2D eigenvalue weighted by Gasteiger charge is 2.49. The number of halogens is 3. The van der Waals surface area contributed by atoms with Gasteiger partial charge in [-0.3, -0.25) is 9.69 Å². The van der Waals surface area contributed by atoms with E-state index in [1.54, 1.807) is 0 Å². The average molecular weight is 381 g/mol. The summed E-state index contributed by atoms with van der Waals surface area (Å²) in [5, 5.41) is 7.12. The minimum Gasteiger partial charge on any atom is -0.475 e. The normalized spacial score (nSPS) is 21.7. The Morgan fingerprint density at radius 1 is 1.19 bits per heavy atom. The van der Waals surface area contributed by atoms with E-state index >= 15 is 0 Å². The van der Waals surface area contributed by atoms with Crippen LogP contribution in [-0.4, -0.2) is 89.2 Å². The van der Waals surface area contributed by atoms with E-state index < -0.39 is 12.1 Å². The predicted molar refractivity (Wildman–Crippen MR) is 91.9 cm³/mol. The van der Waals surface area contributed by atoms with E-state index in [2.05, 4.69) is 42.5 Å². The summed E-state index contributed by atoms with van der Waals surface area (Å²) in [6.45, 7) is 11.7. The quantitative estimate of drug-likeness (QED) is 0.811. The minimum atomic E-state index is -5.08. The molecular weight excluding hydrogens is 351 g/mol. The van der Waals surface area contributed by atoms with Gasteiger partial charge >= 0.3 is 12.1 Å². The number of hydrogen-bond donors (Lipinski definition) is 1. The average Bonchev–Trinajstić information content (AvgIpc) is 2.54. The van der Waals surface area contributed by atoms with E-state index in [1.807, 2.05) is 0 Å². The molecule has 2 aliphatic heterocycles. The monoisotopic (exact) mass is 381 g/mol. The van der Waals surface area contributed by atoms with Crippen LogP contribution >= 0.6 is 0 Å². The fourth-order valence-electron chi connectivity index (χ4n) is 3.55. The lowest BCUT2D eigenvalue weighted by atomic mass is 9.82. The molecule has 2 fully saturated rings. The maximum absolute atomic E-state index is 12.9. The van der Waals surface area contributed by atoms with Crippen LogP contribution in [0.4, 0.5) is 13.2 Å². The number of rotatable bonds is 3. The summed E-state index contributed by atoms with van der Waals surface area (Å²) in [4.78, 5) is 28.7. The molecular formula is C17H30F3N3O3. The Hall–Kier alpha value is -1.35. The summed E-state index contributed by atoms with van der Waals surface area (Å²) < 4.78 is 31.7. The van der Waals surface area contributed by atoms with Crippen molar-refractivity contribution >= 4 is 11.9 Å². The minimum absolute atomic E-state index is 0.216. The maximum atomic E-state index is 12.9. The van der Waals surface area contributed by atoms with Gasteiger partial charge < -0.3 is 14.9 Å². The number of carboxylic acid groups (broad SMARTS) is 1. The van der Waals surface area contributed by atoms with Gasteiger partial charge in [-0.05, 0) is 46.7 Å². The van der Waals surface area contributed by atoms with Crippen LogP contribution in [0.5, 0.6) is 0 Å². The summed E-state index contributed by atoms with van der Waals surface area (Å²) >= 11 is 0. The van der Waals surface area contributed by atoms with Gasteiger partial charge in [0, 0.05) is 32.2 Å². The van der Waals surface area contributed by atoms with Crippen LogP contribution < -0.4 is 0 Å². The zero-order chi connectivity index (χ0) is 20.1. The summed E-state index contributed by atoms with van der Waals surface area (Å²) in [7, 11) is 2.13. The van der Waals surface area contributed by atoms with E-state index in [9.17, 15) is 18.0 Å². The molecule has 0 aromatic heterocycles. The first-order valence-electron chi connectivity index (χ1n) is 9.00. The SMILES string of the molecule is CCCN1CCC2(CC1)C(=O)N(C(C)C)CCN2C.O=C(O)C(F)(F)F. The fourth-order valence-corrected chi connectivity index (χ4v) is 3.55. The maximum Gasteiger partial charge on any atom is 0.490 e. The van der Waals surface area contributed by atoms with Gasteiger partial charge in [-0.15, -0.1) is 0 Å². The molecule has 1 spiro atoms. The molecule has 2 aliphatic rings. The van der Waals surface area contributed by atoms with E-state index in [0.29, 0.717) is 11.9 Å². The number of piperazine rings is 1. The number of piperidine rings is 1. The number of amides is 1. The molecule has 2 rings (SSSR count). The van der Waals surface area contributed by atoms with E-state index in [4.69, 9.17) is 9.90 Å². The van der Waals surface area contributed by atoms with Gasteiger partial charge in [0.1, 0.15) is 5.54 Å². The highest BCUT2D eigenvalue weighted by molar-refractivity contribution is 5.87. The first-order valence-corrected chi connectivity index (χ1v) is 9.00. The molecule has 26 heavy (non-hydrogen) atoms. The van der Waals surface area contributed by atoms with Crippen LogP contribution in [0.1, 0.15) is 40.0 Å². The first-order chi connectivity index (χ1) is 12.0. The molecule has 0 bridgehead atoms. The number of aliphatic carboxylic acids is 1. The van der Waals surface area contributed by atoms with Crippen molar-refractivity contribution in [3.8, 4) is 0 Å². The number of alkyl halides is 3. The molecule has 2 heterocycles. The van der Waals surface area contributed by atoms with Crippen molar-refractivity contribution in [2.45, 2.75) is 57.8 Å². The van der Waals surface area contributed by atoms with Crippen molar-refractivity contribution in [1.82, 2.24) is 14.7 Å². The number of likely N-dealkylation sites (tertiary alicyclic amines) is 1. The molecule has 0 saturated carbocycles. The van der Waals surface area contributed by atoms with Crippen molar-refractivity contribution in [1.29, 1.82) is 0 Å². The van der Waals surface area contributed by atoms with Crippen LogP contribution in [0.3, 0.4) is 0 Å². The fraction of sp³-hybridized carbons (Fsp3) is 0.882. The van der Waals surface area contributed by atoms with Gasteiger partial charge in [0.25, 0.3) is 0 Å². The number of carbonyl (C=O) groups is 2. The summed E-state index contributed by atoms with van der Waals surface area (Å²) in [5.74, 6) is -2.39. The standard InChI is InChI=1S/C15H29N3O.C2HF3O2/c1-5-8-17-9-6-15(7-10-17)14(19)18(13(2)3)12-11-16(15)4;3-2(4,5)1(6)7/h13H,5-12H2,1-4H3;(H,6,7). The largest absolute Gasteiger partial charge is 0.490 e. The lowest BCUT2D eigenvalue weighted by Crippen LogP contribution is -2.68. The Kier molecular flexibility index (Phi) is 7.88. The van der Waals surface area contributed by atoms with Gasteiger partial charge in [-0.25, -0.2) is 4.79 Å². The van der Waals surface area contributed by atoms with E-state index in [0.717, 1.165) is 39.0 Å². The van der Waals surface area contributed by atoms with Crippen LogP contribution in [-0.2, 0) is 9.59 Å². The Morgan fingerprint density at radius 3 is 2.08 bits per heavy atom. The number of hydrogen-bond acceptors (Lipinski definition) is 4. The van der Waals surface area contributed by atoms with Gasteiger partial charge in [0.15, 0.2) is 0 Å². The van der Waals surface area contributed by atoms with Crippen molar-refractivity contribution in [3.05, 3.63) is 0 Å². The van der Waals surface area contributed by atoms with Crippen molar-refractivity contribution < 1.29 is 27.9 Å². The van der Waals surface area contributed by atoms with E-state index in [-0.39, 0.29) is 5.54 Å². The number of nitrogens with zero attached hydrogens (tertiary/aromatic N) is 3. The van der Waals surface area contributed by atoms with Crippen LogP contribution in [0.2, 0.25) is 0 Å². The second-order valence-corrected chi connectivity index (χ2v) is 7.19. The van der Waals surface area contributed by atoms with Gasteiger partial charge in [-0.1, -0.05) is 6.92 Å². The van der Waals surface area contributed by atoms with Crippen LogP contribution in [0.15, 0.2) is 0 Å². The van der Waals surface area contributed by atoms with Crippen LogP contribution in [0.25, 0.3) is 0 Å². The number of carbonyl (C=O) groups excluding carboxylic acids is 1. The Morgan fingerprint density at radius 2 is 1.69 bits per heavy atom. The summed E-state index contributed by atoms with van der Waals surface area (Å²) in [6.07, 6.45) is -1.90. The molecule has 9 heteroatoms. The lowest BCUT2D eigenvalue weighted by Gasteiger charge is -2.52. The molecule has 0 atom stereocenters. The topological polar surface area (TPSA) is 64.1 Å². The molecule has 0 aromatic rings. The molecule has 6 nitrogen and oxygen atoms in total. The van der Waals surface area contributed by atoms with Crippen LogP contribution in [0, 0.1) is 0 Å². The third kappa shape index (κ3) is 5.33. The smallest absolute Gasteiger partial charge is 0.475 e. The highest BCUT2D eigenvalue weighted by atomic mass is 19.4. The second kappa shape index (κ2) is 9.03. The summed E-state index contributed by atoms with van der Waals surface area (Å²) in [5.41, 5.74) is -0.216. The number of carboxylic acids is 1. The summed E-state index contributed by atoms with van der Waals surface area (Å²) in [6, 6.07) is 0.326. The lowest BCUT2D eigenvalue weighted by molar-refractivity contribution is -0.192. The molecule has 0 aromatic carbocycles. The van der Waals surface area contributed by atoms with Crippen molar-refractivity contribution in [2.75, 3.05) is 39.8 Å². The van der Waals surface area contributed by atoms with Gasteiger partial charge in [0.2, 0.25) is 5.91 Å². The third-order valence-corrected chi connectivity index (χ3v) is 5.15. The Bertz CT molecular complexity index is 489. The van der Waals surface area contributed by atoms with Crippen molar-refractivity contribution in [3.63, 3.8) is 0 Å².